The summed E-state index contributed by atoms with van der Waals surface area (Å²) in [7, 11) is 0. The predicted octanol–water partition coefficient (Wildman–Crippen LogP) is 1.08. The van der Waals surface area contributed by atoms with Crippen molar-refractivity contribution in [3.8, 4) is 0 Å². The molecule has 20 heavy (non-hydrogen) atoms. The molecule has 1 saturated heterocycles. The van der Waals surface area contributed by atoms with Gasteiger partial charge in [-0.25, -0.2) is 4.79 Å². The van der Waals surface area contributed by atoms with Gasteiger partial charge in [-0.2, -0.15) is 0 Å². The Morgan fingerprint density at radius 1 is 1.30 bits per heavy atom. The number of carboxylic acids is 1. The van der Waals surface area contributed by atoms with E-state index >= 15 is 0 Å². The van der Waals surface area contributed by atoms with Crippen LogP contribution in [0.25, 0.3) is 0 Å². The quantitative estimate of drug-likeness (QED) is 0.802. The molecule has 5 nitrogen and oxygen atoms in total. The van der Waals surface area contributed by atoms with Crippen LogP contribution in [0.1, 0.15) is 36.4 Å². The van der Waals surface area contributed by atoms with Crippen LogP contribution in [-0.4, -0.2) is 34.0 Å². The van der Waals surface area contributed by atoms with Gasteiger partial charge in [0.15, 0.2) is 0 Å². The minimum absolute atomic E-state index is 0.151. The molecule has 0 spiro atoms. The second kappa shape index (κ2) is 4.90. The van der Waals surface area contributed by atoms with Crippen LogP contribution in [0.3, 0.4) is 0 Å². The van der Waals surface area contributed by atoms with Crippen LogP contribution in [0.4, 0.5) is 0 Å². The first-order valence-electron chi connectivity index (χ1n) is 6.98. The van der Waals surface area contributed by atoms with Crippen molar-refractivity contribution in [1.82, 2.24) is 4.90 Å². The first kappa shape index (κ1) is 13.1. The number of nitrogens with two attached hydrogens (primary N) is 1. The summed E-state index contributed by atoms with van der Waals surface area (Å²) in [5.41, 5.74) is 8.10. The SMILES string of the molecule is NC1Cc2ccccc2C2CCCC(C(=O)O)N2C1=O. The molecule has 3 rings (SSSR count). The molecule has 3 atom stereocenters. The first-order chi connectivity index (χ1) is 9.59. The topological polar surface area (TPSA) is 83.6 Å². The molecule has 1 fully saturated rings. The Kier molecular flexibility index (Phi) is 3.22. The summed E-state index contributed by atoms with van der Waals surface area (Å²) in [5, 5.41) is 9.39. The second-order valence-corrected chi connectivity index (χ2v) is 5.56. The van der Waals surface area contributed by atoms with Crippen LogP contribution in [0.5, 0.6) is 0 Å². The van der Waals surface area contributed by atoms with Gasteiger partial charge in [-0.05, 0) is 36.8 Å². The highest BCUT2D eigenvalue weighted by molar-refractivity contribution is 5.88. The fraction of sp³-hybridized carbons (Fsp3) is 0.467. The zero-order valence-electron chi connectivity index (χ0n) is 11.2. The predicted molar refractivity (Wildman–Crippen MR) is 73.0 cm³/mol. The van der Waals surface area contributed by atoms with Gasteiger partial charge >= 0.3 is 5.97 Å². The highest BCUT2D eigenvalue weighted by atomic mass is 16.4. The molecule has 5 heteroatoms. The smallest absolute Gasteiger partial charge is 0.326 e. The number of amides is 1. The third-order valence-corrected chi connectivity index (χ3v) is 4.34. The summed E-state index contributed by atoms with van der Waals surface area (Å²) in [6, 6.07) is 6.28. The lowest BCUT2D eigenvalue weighted by Crippen LogP contribution is -2.53. The number of aliphatic carboxylic acids is 1. The lowest BCUT2D eigenvalue weighted by atomic mass is 9.89. The van der Waals surface area contributed by atoms with E-state index in [-0.39, 0.29) is 11.9 Å². The van der Waals surface area contributed by atoms with E-state index in [1.807, 2.05) is 24.3 Å². The van der Waals surface area contributed by atoms with Gasteiger partial charge in [0, 0.05) is 0 Å². The number of fused-ring (bicyclic) bond motifs is 3. The maximum atomic E-state index is 12.5. The molecule has 0 saturated carbocycles. The van der Waals surface area contributed by atoms with E-state index in [9.17, 15) is 14.7 Å². The average molecular weight is 274 g/mol. The maximum Gasteiger partial charge on any atom is 0.326 e. The van der Waals surface area contributed by atoms with E-state index in [0.29, 0.717) is 12.8 Å². The van der Waals surface area contributed by atoms with E-state index in [1.54, 1.807) is 0 Å². The summed E-state index contributed by atoms with van der Waals surface area (Å²) in [4.78, 5) is 25.5. The second-order valence-electron chi connectivity index (χ2n) is 5.56. The van der Waals surface area contributed by atoms with Crippen molar-refractivity contribution in [3.05, 3.63) is 35.4 Å². The van der Waals surface area contributed by atoms with Crippen LogP contribution in [0, 0.1) is 0 Å². The third-order valence-electron chi connectivity index (χ3n) is 4.34. The lowest BCUT2D eigenvalue weighted by Gasteiger charge is -2.40. The zero-order valence-corrected chi connectivity index (χ0v) is 11.2. The Hall–Kier alpha value is -1.88. The van der Waals surface area contributed by atoms with Crippen molar-refractivity contribution in [1.29, 1.82) is 0 Å². The molecule has 0 bridgehead atoms. The Labute approximate surface area is 117 Å². The van der Waals surface area contributed by atoms with Gasteiger partial charge in [-0.15, -0.1) is 0 Å². The molecule has 2 heterocycles. The monoisotopic (exact) mass is 274 g/mol. The van der Waals surface area contributed by atoms with Gasteiger partial charge in [0.2, 0.25) is 5.91 Å². The summed E-state index contributed by atoms with van der Waals surface area (Å²) >= 11 is 0. The number of rotatable bonds is 1. The van der Waals surface area contributed by atoms with Crippen LogP contribution >= 0.6 is 0 Å². The van der Waals surface area contributed by atoms with Gasteiger partial charge < -0.3 is 15.7 Å². The van der Waals surface area contributed by atoms with Crippen molar-refractivity contribution in [3.63, 3.8) is 0 Å². The Bertz CT molecular complexity index is 558. The molecule has 0 radical (unpaired) electrons. The minimum Gasteiger partial charge on any atom is -0.480 e. The zero-order chi connectivity index (χ0) is 14.3. The average Bonchev–Trinajstić information content (AvgIpc) is 2.55. The molecule has 3 unspecified atom stereocenters. The number of nitrogens with zero attached hydrogens (tertiary/aromatic N) is 1. The number of piperidine rings is 1. The van der Waals surface area contributed by atoms with E-state index < -0.39 is 18.1 Å². The molecule has 0 aliphatic carbocycles. The number of hydrogen-bond acceptors (Lipinski definition) is 3. The largest absolute Gasteiger partial charge is 0.480 e. The van der Waals surface area contributed by atoms with Crippen LogP contribution in [-0.2, 0) is 16.0 Å². The highest BCUT2D eigenvalue weighted by Crippen LogP contribution is 2.38. The summed E-state index contributed by atoms with van der Waals surface area (Å²) in [6.45, 7) is 0. The maximum absolute atomic E-state index is 12.5. The number of carbonyl (C=O) groups excluding carboxylic acids is 1. The minimum atomic E-state index is -0.936. The molecule has 1 aromatic carbocycles. The summed E-state index contributed by atoms with van der Waals surface area (Å²) in [6.07, 6.45) is 2.61. The fourth-order valence-electron chi connectivity index (χ4n) is 3.42. The van der Waals surface area contributed by atoms with Crippen LogP contribution in [0.2, 0.25) is 0 Å². The fourth-order valence-corrected chi connectivity index (χ4v) is 3.42. The molecule has 0 aromatic heterocycles. The van der Waals surface area contributed by atoms with Gasteiger partial charge in [0.1, 0.15) is 6.04 Å². The Morgan fingerprint density at radius 2 is 2.05 bits per heavy atom. The van der Waals surface area contributed by atoms with Crippen molar-refractivity contribution < 1.29 is 14.7 Å². The Balaban J connectivity index is 2.10. The van der Waals surface area contributed by atoms with Crippen molar-refractivity contribution in [2.45, 2.75) is 43.8 Å². The number of benzene rings is 1. The van der Waals surface area contributed by atoms with Gasteiger partial charge in [-0.1, -0.05) is 24.3 Å². The number of carboxylic acid groups (broad SMARTS) is 1. The summed E-state index contributed by atoms with van der Waals surface area (Å²) < 4.78 is 0. The van der Waals surface area contributed by atoms with E-state index in [2.05, 4.69) is 0 Å². The third kappa shape index (κ3) is 1.98. The molecule has 1 aromatic rings. The van der Waals surface area contributed by atoms with Crippen LogP contribution in [0.15, 0.2) is 24.3 Å². The van der Waals surface area contributed by atoms with Gasteiger partial charge in [-0.3, -0.25) is 4.79 Å². The van der Waals surface area contributed by atoms with Crippen molar-refractivity contribution in [2.75, 3.05) is 0 Å². The van der Waals surface area contributed by atoms with Crippen molar-refractivity contribution >= 4 is 11.9 Å². The van der Waals surface area contributed by atoms with Crippen LogP contribution < -0.4 is 5.73 Å². The highest BCUT2D eigenvalue weighted by Gasteiger charge is 2.43. The van der Waals surface area contributed by atoms with Crippen molar-refractivity contribution in [2.24, 2.45) is 5.73 Å². The molecule has 2 aliphatic heterocycles. The molecular weight excluding hydrogens is 256 g/mol. The molecule has 2 aliphatic rings. The Morgan fingerprint density at radius 3 is 2.80 bits per heavy atom. The van der Waals surface area contributed by atoms with E-state index in [0.717, 1.165) is 24.0 Å². The first-order valence-corrected chi connectivity index (χ1v) is 6.98. The molecular formula is C15H18N2O3. The van der Waals surface area contributed by atoms with Gasteiger partial charge in [0.05, 0.1) is 12.1 Å². The summed E-state index contributed by atoms with van der Waals surface area (Å²) in [5.74, 6) is -1.17. The molecule has 106 valence electrons. The number of hydrogen-bond donors (Lipinski definition) is 2. The van der Waals surface area contributed by atoms with Gasteiger partial charge in [0.25, 0.3) is 0 Å². The normalized spacial score (nSPS) is 29.4. The van der Waals surface area contributed by atoms with E-state index in [1.165, 1.54) is 4.90 Å². The standard InChI is InChI=1S/C15H18N2O3/c16-11-8-9-4-1-2-5-10(9)12-6-3-7-13(15(19)20)17(12)14(11)18/h1-2,4-5,11-13H,3,6-8,16H2,(H,19,20). The lowest BCUT2D eigenvalue weighted by molar-refractivity contribution is -0.155. The number of carbonyl (C=O) groups is 2. The van der Waals surface area contributed by atoms with E-state index in [4.69, 9.17) is 5.73 Å². The molecule has 3 N–H and O–H groups in total. The molecule has 1 amide bonds.